The van der Waals surface area contributed by atoms with Crippen LogP contribution in [-0.2, 0) is 19.9 Å². The summed E-state index contributed by atoms with van der Waals surface area (Å²) in [6, 6.07) is 16.6. The number of nitrogens with zero attached hydrogens (tertiary/aromatic N) is 5. The lowest BCUT2D eigenvalue weighted by Crippen LogP contribution is -2.61. The molecule has 4 heterocycles. The maximum Gasteiger partial charge on any atom is 0.262 e. The van der Waals surface area contributed by atoms with Gasteiger partial charge in [-0.3, -0.25) is 38.9 Å². The third kappa shape index (κ3) is 5.36. The smallest absolute Gasteiger partial charge is 0.262 e. The highest BCUT2D eigenvalue weighted by Crippen LogP contribution is 2.34. The molecule has 3 aliphatic rings. The Hall–Kier alpha value is -6.31. The molecule has 0 radical (unpaired) electrons. The van der Waals surface area contributed by atoms with E-state index in [-0.39, 0.29) is 43.0 Å². The van der Waals surface area contributed by atoms with Gasteiger partial charge in [0.25, 0.3) is 17.7 Å². The molecule has 3 N–H and O–H groups in total. The predicted octanol–water partition coefficient (Wildman–Crippen LogP) is 2.29. The number of anilines is 2. The van der Waals surface area contributed by atoms with Gasteiger partial charge in [-0.2, -0.15) is 10.4 Å². The molecule has 5 amide bonds. The Morgan fingerprint density at radius 2 is 1.78 bits per heavy atom. The molecule has 7 rings (SSSR count). The van der Waals surface area contributed by atoms with Crippen molar-refractivity contribution in [2.45, 2.75) is 43.9 Å². The number of nitriles is 1. The van der Waals surface area contributed by atoms with Crippen molar-refractivity contribution in [3.8, 4) is 17.9 Å². The Morgan fingerprint density at radius 1 is 1.04 bits per heavy atom. The topological polar surface area (TPSA) is 178 Å². The van der Waals surface area contributed by atoms with Crippen LogP contribution in [0.5, 0.6) is 0 Å². The second-order valence-electron chi connectivity index (χ2n) is 12.8. The zero-order valence-electron chi connectivity index (χ0n) is 26.5. The highest BCUT2D eigenvalue weighted by atomic mass is 16.3. The average molecular weight is 656 g/mol. The molecular formula is C36H29N7O6. The third-order valence-electron chi connectivity index (χ3n) is 9.14. The molecule has 13 nitrogen and oxygen atoms in total. The summed E-state index contributed by atoms with van der Waals surface area (Å²) < 4.78 is 1.50. The molecule has 2 saturated heterocycles. The lowest BCUT2D eigenvalue weighted by molar-refractivity contribution is -0.136. The van der Waals surface area contributed by atoms with E-state index in [9.17, 15) is 34.3 Å². The lowest BCUT2D eigenvalue weighted by Gasteiger charge is -2.44. The number of imide groups is 2. The van der Waals surface area contributed by atoms with Crippen molar-refractivity contribution in [1.82, 2.24) is 20.0 Å². The lowest BCUT2D eigenvalue weighted by atomic mass is 9.93. The number of β-amino-alcohol motifs (C(OH)–C–C–N with tert-alkyl or cyclic N) is 1. The molecule has 1 aromatic heterocycles. The first-order chi connectivity index (χ1) is 23.4. The Balaban J connectivity index is 1.01. The van der Waals surface area contributed by atoms with Crippen LogP contribution in [0, 0.1) is 23.2 Å². The van der Waals surface area contributed by atoms with Crippen LogP contribution < -0.4 is 15.5 Å². The van der Waals surface area contributed by atoms with Crippen molar-refractivity contribution in [3.63, 3.8) is 0 Å². The van der Waals surface area contributed by atoms with Gasteiger partial charge >= 0.3 is 0 Å². The molecule has 0 saturated carbocycles. The SMILES string of the molecule is CC(C)(C(=O)Nc1ccc(C#N)c2ccccc12)n1cc(C#CC2(O)CN(c3ccc4c(c3)C(=O)N(C3CCC(=O)NC3=O)C4=O)C2)cn1. The number of benzene rings is 3. The molecular weight excluding hydrogens is 626 g/mol. The van der Waals surface area contributed by atoms with Crippen molar-refractivity contribution in [1.29, 1.82) is 5.26 Å². The fraction of sp³-hybridized carbons (Fsp3) is 0.250. The summed E-state index contributed by atoms with van der Waals surface area (Å²) in [6.07, 6.45) is 3.24. The minimum absolute atomic E-state index is 0.0356. The van der Waals surface area contributed by atoms with Gasteiger partial charge in [0.2, 0.25) is 11.8 Å². The fourth-order valence-electron chi connectivity index (χ4n) is 6.27. The average Bonchev–Trinajstić information content (AvgIpc) is 3.65. The van der Waals surface area contributed by atoms with Gasteiger partial charge in [0.05, 0.1) is 47.6 Å². The van der Waals surface area contributed by atoms with Gasteiger partial charge in [-0.1, -0.05) is 36.1 Å². The van der Waals surface area contributed by atoms with Gasteiger partial charge in [0.15, 0.2) is 5.60 Å². The summed E-state index contributed by atoms with van der Waals surface area (Å²) in [5, 5.41) is 31.5. The van der Waals surface area contributed by atoms with Gasteiger partial charge < -0.3 is 15.3 Å². The van der Waals surface area contributed by atoms with Crippen LogP contribution in [0.25, 0.3) is 10.8 Å². The highest BCUT2D eigenvalue weighted by molar-refractivity contribution is 6.23. The minimum atomic E-state index is -1.36. The molecule has 49 heavy (non-hydrogen) atoms. The second kappa shape index (κ2) is 11.4. The molecule has 13 heteroatoms. The molecule has 1 unspecified atom stereocenters. The van der Waals surface area contributed by atoms with Crippen LogP contribution in [-0.4, -0.2) is 74.1 Å². The summed E-state index contributed by atoms with van der Waals surface area (Å²) in [5.41, 5.74) is 0.0360. The first kappa shape index (κ1) is 31.3. The highest BCUT2D eigenvalue weighted by Gasteiger charge is 2.46. The standard InChI is InChI=1S/C36H29N7O6/c1-35(2,34(48)39-28-10-7-22(16-37)24-5-3-4-6-25(24)28)42-18-21(17-38-42)13-14-36(49)19-41(20-36)23-8-9-26-27(15-23)33(47)43(32(26)46)29-11-12-30(44)40-31(29)45/h3-10,15,17-18,29,49H,11-12,19-20H2,1-2H3,(H,39,48)(H,40,44,45). The number of hydrogen-bond donors (Lipinski definition) is 3. The summed E-state index contributed by atoms with van der Waals surface area (Å²) in [5.74, 6) is 3.19. The fourth-order valence-corrected chi connectivity index (χ4v) is 6.27. The number of carbonyl (C=O) groups is 5. The number of aromatic nitrogens is 2. The zero-order valence-corrected chi connectivity index (χ0v) is 26.5. The number of amides is 5. The normalized spacial score (nSPS) is 18.3. The maximum absolute atomic E-state index is 13.4. The third-order valence-corrected chi connectivity index (χ3v) is 9.14. The molecule has 2 fully saturated rings. The van der Waals surface area contributed by atoms with Crippen LogP contribution in [0.2, 0.25) is 0 Å². The molecule has 244 valence electrons. The van der Waals surface area contributed by atoms with Crippen LogP contribution in [0.3, 0.4) is 0 Å². The quantitative estimate of drug-likeness (QED) is 0.215. The molecule has 0 bridgehead atoms. The van der Waals surface area contributed by atoms with Gasteiger partial charge in [-0.25, -0.2) is 0 Å². The Bertz CT molecular complexity index is 2230. The Morgan fingerprint density at radius 3 is 2.51 bits per heavy atom. The number of nitrogens with one attached hydrogen (secondary N) is 2. The number of fused-ring (bicyclic) bond motifs is 2. The first-order valence-corrected chi connectivity index (χ1v) is 15.5. The molecule has 3 aromatic carbocycles. The molecule has 0 aliphatic carbocycles. The molecule has 3 aliphatic heterocycles. The summed E-state index contributed by atoms with van der Waals surface area (Å²) >= 11 is 0. The zero-order chi connectivity index (χ0) is 34.7. The number of hydrogen-bond acceptors (Lipinski definition) is 9. The van der Waals surface area contributed by atoms with Gasteiger partial charge in [-0.05, 0) is 50.6 Å². The minimum Gasteiger partial charge on any atom is -0.374 e. The van der Waals surface area contributed by atoms with Crippen LogP contribution in [0.15, 0.2) is 67.0 Å². The largest absolute Gasteiger partial charge is 0.374 e. The number of rotatable bonds is 5. The molecule has 0 spiro atoms. The van der Waals surface area contributed by atoms with Gasteiger partial charge in [0.1, 0.15) is 11.6 Å². The van der Waals surface area contributed by atoms with E-state index in [0.29, 0.717) is 22.5 Å². The first-order valence-electron chi connectivity index (χ1n) is 15.5. The van der Waals surface area contributed by atoms with E-state index in [2.05, 4.69) is 33.6 Å². The van der Waals surface area contributed by atoms with Crippen molar-refractivity contribution >= 4 is 51.7 Å². The predicted molar refractivity (Wildman–Crippen MR) is 176 cm³/mol. The maximum atomic E-state index is 13.4. The van der Waals surface area contributed by atoms with E-state index in [4.69, 9.17) is 0 Å². The molecule has 1 atom stereocenters. The van der Waals surface area contributed by atoms with E-state index < -0.39 is 40.8 Å². The van der Waals surface area contributed by atoms with Crippen molar-refractivity contribution in [2.24, 2.45) is 0 Å². The van der Waals surface area contributed by atoms with E-state index in [1.807, 2.05) is 29.2 Å². The van der Waals surface area contributed by atoms with Crippen molar-refractivity contribution in [2.75, 3.05) is 23.3 Å². The number of carbonyl (C=O) groups excluding carboxylic acids is 5. The van der Waals surface area contributed by atoms with Gasteiger partial charge in [-0.15, -0.1) is 0 Å². The second-order valence-corrected chi connectivity index (χ2v) is 12.8. The summed E-state index contributed by atoms with van der Waals surface area (Å²) in [7, 11) is 0. The van der Waals surface area contributed by atoms with Crippen molar-refractivity contribution in [3.05, 3.63) is 89.2 Å². The summed E-state index contributed by atoms with van der Waals surface area (Å²) in [4.78, 5) is 66.2. The van der Waals surface area contributed by atoms with E-state index in [1.54, 1.807) is 44.3 Å². The van der Waals surface area contributed by atoms with Crippen LogP contribution in [0.1, 0.15) is 58.5 Å². The Labute approximate surface area is 280 Å². The van der Waals surface area contributed by atoms with Gasteiger partial charge in [0, 0.05) is 34.8 Å². The Kier molecular flexibility index (Phi) is 7.30. The van der Waals surface area contributed by atoms with Crippen molar-refractivity contribution < 1.29 is 29.1 Å². The van der Waals surface area contributed by atoms with E-state index in [1.165, 1.54) is 16.9 Å². The van der Waals surface area contributed by atoms with E-state index in [0.717, 1.165) is 15.7 Å². The van der Waals surface area contributed by atoms with E-state index >= 15 is 0 Å². The molecule has 4 aromatic rings. The summed E-state index contributed by atoms with van der Waals surface area (Å²) in [6.45, 7) is 3.71. The monoisotopic (exact) mass is 655 g/mol. The number of piperidine rings is 1. The van der Waals surface area contributed by atoms with Crippen LogP contribution >= 0.6 is 0 Å². The number of aliphatic hydroxyl groups is 1. The van der Waals surface area contributed by atoms with Crippen LogP contribution in [0.4, 0.5) is 11.4 Å².